The third kappa shape index (κ3) is 5.10. The van der Waals surface area contributed by atoms with E-state index in [9.17, 15) is 8.42 Å². The van der Waals surface area contributed by atoms with Gasteiger partial charge in [-0.25, -0.2) is 13.1 Å². The van der Waals surface area contributed by atoms with Gasteiger partial charge in [-0.2, -0.15) is 0 Å². The predicted molar refractivity (Wildman–Crippen MR) is 83.0 cm³/mol. The molecule has 0 radical (unpaired) electrons. The molecule has 0 heterocycles. The van der Waals surface area contributed by atoms with E-state index in [0.29, 0.717) is 6.54 Å². The third-order valence-electron chi connectivity index (χ3n) is 3.59. The van der Waals surface area contributed by atoms with E-state index in [0.717, 1.165) is 30.4 Å². The van der Waals surface area contributed by atoms with Crippen LogP contribution in [0.5, 0.6) is 0 Å². The average molecular weight is 293 g/mol. The van der Waals surface area contributed by atoms with E-state index >= 15 is 0 Å². The normalized spacial score (nSPS) is 15.9. The molecule has 1 N–H and O–H groups in total. The van der Waals surface area contributed by atoms with E-state index in [1.54, 1.807) is 0 Å². The molecule has 0 unspecified atom stereocenters. The van der Waals surface area contributed by atoms with E-state index in [2.05, 4.69) is 10.8 Å². The molecule has 0 saturated carbocycles. The molecule has 2 rings (SSSR count). The number of sulfonamides is 1. The minimum atomic E-state index is -3.23. The first-order chi connectivity index (χ1) is 9.55. The summed E-state index contributed by atoms with van der Waals surface area (Å²) in [6, 6.07) is 7.64. The van der Waals surface area contributed by atoms with Crippen molar-refractivity contribution in [1.82, 2.24) is 4.72 Å². The van der Waals surface area contributed by atoms with Crippen molar-refractivity contribution in [2.75, 3.05) is 6.54 Å². The maximum atomic E-state index is 12.0. The van der Waals surface area contributed by atoms with Crippen LogP contribution in [0.25, 0.3) is 0 Å². The smallest absolute Gasteiger partial charge is 0.215 e. The highest BCUT2D eigenvalue weighted by Crippen LogP contribution is 2.19. The molecule has 4 heteroatoms. The van der Waals surface area contributed by atoms with Crippen LogP contribution in [0, 0.1) is 6.92 Å². The van der Waals surface area contributed by atoms with E-state index in [1.807, 2.05) is 31.2 Å². The van der Waals surface area contributed by atoms with Crippen LogP contribution < -0.4 is 4.72 Å². The van der Waals surface area contributed by atoms with Crippen LogP contribution in [0.3, 0.4) is 0 Å². The van der Waals surface area contributed by atoms with Crippen molar-refractivity contribution in [2.24, 2.45) is 0 Å². The Morgan fingerprint density at radius 3 is 2.80 bits per heavy atom. The van der Waals surface area contributed by atoms with Crippen LogP contribution in [0.4, 0.5) is 0 Å². The maximum Gasteiger partial charge on any atom is 0.215 e. The van der Waals surface area contributed by atoms with Crippen molar-refractivity contribution in [3.8, 4) is 0 Å². The van der Waals surface area contributed by atoms with Gasteiger partial charge in [0.25, 0.3) is 0 Å². The van der Waals surface area contributed by atoms with Gasteiger partial charge in [-0.3, -0.25) is 0 Å². The second-order valence-electron chi connectivity index (χ2n) is 5.50. The minimum Gasteiger partial charge on any atom is -0.215 e. The van der Waals surface area contributed by atoms with Gasteiger partial charge in [0.05, 0.1) is 5.75 Å². The van der Waals surface area contributed by atoms with Crippen LogP contribution in [-0.4, -0.2) is 15.0 Å². The SMILES string of the molecule is Cc1cccc(CS(=O)(=O)NCCC2=CCCCC2)c1. The van der Waals surface area contributed by atoms with Gasteiger partial charge in [0.15, 0.2) is 0 Å². The highest BCUT2D eigenvalue weighted by Gasteiger charge is 2.12. The molecule has 3 nitrogen and oxygen atoms in total. The third-order valence-corrected chi connectivity index (χ3v) is 4.95. The topological polar surface area (TPSA) is 46.2 Å². The summed E-state index contributed by atoms with van der Waals surface area (Å²) < 4.78 is 26.8. The van der Waals surface area contributed by atoms with Gasteiger partial charge in [0.2, 0.25) is 10.0 Å². The number of aryl methyl sites for hydroxylation is 1. The van der Waals surface area contributed by atoms with Crippen LogP contribution in [0.15, 0.2) is 35.9 Å². The number of hydrogen-bond donors (Lipinski definition) is 1. The van der Waals surface area contributed by atoms with E-state index in [4.69, 9.17) is 0 Å². The Balaban J connectivity index is 1.83. The van der Waals surface area contributed by atoms with Crippen LogP contribution in [0.1, 0.15) is 43.2 Å². The van der Waals surface area contributed by atoms with E-state index in [1.165, 1.54) is 18.4 Å². The lowest BCUT2D eigenvalue weighted by atomic mass is 9.97. The summed E-state index contributed by atoms with van der Waals surface area (Å²) in [6.45, 7) is 2.49. The number of benzene rings is 1. The average Bonchev–Trinajstić information content (AvgIpc) is 2.39. The fourth-order valence-electron chi connectivity index (χ4n) is 2.57. The van der Waals surface area contributed by atoms with Gasteiger partial charge in [-0.15, -0.1) is 0 Å². The monoisotopic (exact) mass is 293 g/mol. The molecule has 0 amide bonds. The van der Waals surface area contributed by atoms with Gasteiger partial charge in [0, 0.05) is 6.54 Å². The summed E-state index contributed by atoms with van der Waals surface area (Å²) in [6.07, 6.45) is 7.88. The van der Waals surface area contributed by atoms with Crippen molar-refractivity contribution < 1.29 is 8.42 Å². The Kier molecular flexibility index (Phi) is 5.38. The summed E-state index contributed by atoms with van der Waals surface area (Å²) in [5.41, 5.74) is 3.33. The molecule has 0 aliphatic heterocycles. The predicted octanol–water partition coefficient (Wildman–Crippen LogP) is 3.30. The molecule has 0 aromatic heterocycles. The zero-order valence-corrected chi connectivity index (χ0v) is 12.9. The standard InChI is InChI=1S/C16H23NO2S/c1-14-6-5-9-16(12-14)13-20(18,19)17-11-10-15-7-3-2-4-8-15/h5-7,9,12,17H,2-4,8,10-11,13H2,1H3. The van der Waals surface area contributed by atoms with Gasteiger partial charge in [-0.05, 0) is 44.6 Å². The van der Waals surface area contributed by atoms with Crippen LogP contribution in [-0.2, 0) is 15.8 Å². The minimum absolute atomic E-state index is 0.0632. The number of allylic oxidation sites excluding steroid dienone is 1. The molecule has 1 aromatic carbocycles. The Hall–Kier alpha value is -1.13. The van der Waals surface area contributed by atoms with E-state index < -0.39 is 10.0 Å². The maximum absolute atomic E-state index is 12.0. The van der Waals surface area contributed by atoms with Gasteiger partial charge < -0.3 is 0 Å². The summed E-state index contributed by atoms with van der Waals surface area (Å²) >= 11 is 0. The van der Waals surface area contributed by atoms with Gasteiger partial charge >= 0.3 is 0 Å². The summed E-state index contributed by atoms with van der Waals surface area (Å²) in [7, 11) is -3.23. The fourth-order valence-corrected chi connectivity index (χ4v) is 3.70. The molecule has 0 spiro atoms. The summed E-state index contributed by atoms with van der Waals surface area (Å²) in [5.74, 6) is 0.0632. The molecule has 0 saturated heterocycles. The molecule has 0 bridgehead atoms. The second kappa shape index (κ2) is 7.04. The highest BCUT2D eigenvalue weighted by molar-refractivity contribution is 7.88. The molecule has 1 aliphatic carbocycles. The first kappa shape index (κ1) is 15.3. The Bertz CT molecular complexity index is 576. The van der Waals surface area contributed by atoms with Gasteiger partial charge in [-0.1, -0.05) is 41.5 Å². The molecule has 1 aromatic rings. The Morgan fingerprint density at radius 1 is 1.25 bits per heavy atom. The first-order valence-corrected chi connectivity index (χ1v) is 8.91. The molecule has 0 atom stereocenters. The van der Waals surface area contributed by atoms with Crippen molar-refractivity contribution >= 4 is 10.0 Å². The van der Waals surface area contributed by atoms with Crippen molar-refractivity contribution in [1.29, 1.82) is 0 Å². The second-order valence-corrected chi connectivity index (χ2v) is 7.31. The quantitative estimate of drug-likeness (QED) is 0.818. The molecule has 20 heavy (non-hydrogen) atoms. The lowest BCUT2D eigenvalue weighted by Gasteiger charge is -2.13. The highest BCUT2D eigenvalue weighted by atomic mass is 32.2. The Morgan fingerprint density at radius 2 is 2.10 bits per heavy atom. The van der Waals surface area contributed by atoms with Gasteiger partial charge in [0.1, 0.15) is 0 Å². The fraction of sp³-hybridized carbons (Fsp3) is 0.500. The zero-order chi connectivity index (χ0) is 14.4. The van der Waals surface area contributed by atoms with Crippen molar-refractivity contribution in [3.05, 3.63) is 47.0 Å². The van der Waals surface area contributed by atoms with Crippen molar-refractivity contribution in [3.63, 3.8) is 0 Å². The molecular formula is C16H23NO2S. The lowest BCUT2D eigenvalue weighted by Crippen LogP contribution is -2.26. The molecule has 0 fully saturated rings. The largest absolute Gasteiger partial charge is 0.215 e. The Labute approximate surface area is 122 Å². The molecule has 110 valence electrons. The number of hydrogen-bond acceptors (Lipinski definition) is 2. The number of nitrogens with one attached hydrogen (secondary N) is 1. The molecule has 1 aliphatic rings. The van der Waals surface area contributed by atoms with Crippen molar-refractivity contribution in [2.45, 2.75) is 44.8 Å². The molecular weight excluding hydrogens is 270 g/mol. The van der Waals surface area contributed by atoms with E-state index in [-0.39, 0.29) is 5.75 Å². The lowest BCUT2D eigenvalue weighted by molar-refractivity contribution is 0.578. The first-order valence-electron chi connectivity index (χ1n) is 7.26. The zero-order valence-electron chi connectivity index (χ0n) is 12.1. The van der Waals surface area contributed by atoms with Crippen LogP contribution in [0.2, 0.25) is 0 Å². The summed E-state index contributed by atoms with van der Waals surface area (Å²) in [5, 5.41) is 0. The number of rotatable bonds is 6. The van der Waals surface area contributed by atoms with Crippen LogP contribution >= 0.6 is 0 Å². The summed E-state index contributed by atoms with van der Waals surface area (Å²) in [4.78, 5) is 0.